The lowest BCUT2D eigenvalue weighted by Crippen LogP contribution is -2.35. The molecule has 2 heterocycles. The first-order chi connectivity index (χ1) is 10.2. The number of amides is 1. The molecule has 2 N–H and O–H groups in total. The van der Waals surface area contributed by atoms with Crippen LogP contribution in [0.1, 0.15) is 73.9 Å². The topological polar surface area (TPSA) is 66.9 Å². The third-order valence-electron chi connectivity index (χ3n) is 4.19. The summed E-state index contributed by atoms with van der Waals surface area (Å²) in [5.41, 5.74) is 1.34. The molecule has 0 aliphatic carbocycles. The molecule has 1 unspecified atom stereocenters. The van der Waals surface area contributed by atoms with Crippen LogP contribution in [0.4, 0.5) is 0 Å². The van der Waals surface area contributed by atoms with Crippen LogP contribution in [0.3, 0.4) is 0 Å². The van der Waals surface area contributed by atoms with Gasteiger partial charge in [0.15, 0.2) is 0 Å². The Bertz CT molecular complexity index is 479. The predicted octanol–water partition coefficient (Wildman–Crippen LogP) is 2.52. The Morgan fingerprint density at radius 1 is 1.43 bits per heavy atom. The van der Waals surface area contributed by atoms with Gasteiger partial charge in [0.2, 0.25) is 0 Å². The Kier molecular flexibility index (Phi) is 5.67. The highest BCUT2D eigenvalue weighted by Gasteiger charge is 2.20. The van der Waals surface area contributed by atoms with Crippen molar-refractivity contribution in [2.45, 2.75) is 65.0 Å². The molecular weight excluding hydrogens is 264 g/mol. The van der Waals surface area contributed by atoms with Gasteiger partial charge in [0, 0.05) is 12.2 Å². The summed E-state index contributed by atoms with van der Waals surface area (Å²) in [6, 6.07) is 0.449. The van der Waals surface area contributed by atoms with E-state index in [1.54, 1.807) is 6.20 Å². The molecule has 1 aliphatic heterocycles. The summed E-state index contributed by atoms with van der Waals surface area (Å²) in [6.45, 7) is 7.06. The Morgan fingerprint density at radius 2 is 2.19 bits per heavy atom. The first kappa shape index (κ1) is 15.9. The first-order valence-electron chi connectivity index (χ1n) is 8.03. The number of rotatable bonds is 5. The zero-order chi connectivity index (χ0) is 15.2. The smallest absolute Gasteiger partial charge is 0.254 e. The SMILES string of the molecule is CCC(CC)NC(=O)c1cnc(C2CCCCN2)nc1C. The molecule has 1 aromatic rings. The van der Waals surface area contributed by atoms with Crippen LogP contribution >= 0.6 is 0 Å². The average Bonchev–Trinajstić information content (AvgIpc) is 2.53. The maximum atomic E-state index is 12.3. The van der Waals surface area contributed by atoms with Crippen LogP contribution in [0.15, 0.2) is 6.20 Å². The molecule has 5 nitrogen and oxygen atoms in total. The highest BCUT2D eigenvalue weighted by molar-refractivity contribution is 5.95. The molecule has 1 fully saturated rings. The second-order valence-electron chi connectivity index (χ2n) is 5.72. The lowest BCUT2D eigenvalue weighted by atomic mass is 10.0. The molecule has 1 amide bonds. The van der Waals surface area contributed by atoms with Crippen LogP contribution in [-0.2, 0) is 0 Å². The second kappa shape index (κ2) is 7.50. The fraction of sp³-hybridized carbons (Fsp3) is 0.688. The van der Waals surface area contributed by atoms with Crippen molar-refractivity contribution in [2.24, 2.45) is 0 Å². The molecule has 1 aliphatic rings. The number of aryl methyl sites for hydroxylation is 1. The summed E-state index contributed by atoms with van der Waals surface area (Å²) < 4.78 is 0. The van der Waals surface area contributed by atoms with Gasteiger partial charge in [0.05, 0.1) is 17.3 Å². The largest absolute Gasteiger partial charge is 0.349 e. The summed E-state index contributed by atoms with van der Waals surface area (Å²) in [5, 5.41) is 6.47. The molecule has 0 spiro atoms. The number of aromatic nitrogens is 2. The van der Waals surface area contributed by atoms with Gasteiger partial charge in [-0.15, -0.1) is 0 Å². The van der Waals surface area contributed by atoms with Crippen LogP contribution in [0, 0.1) is 6.92 Å². The van der Waals surface area contributed by atoms with Gasteiger partial charge in [-0.25, -0.2) is 9.97 Å². The summed E-state index contributed by atoms with van der Waals surface area (Å²) in [7, 11) is 0. The number of piperidine rings is 1. The molecule has 0 radical (unpaired) electrons. The fourth-order valence-electron chi connectivity index (χ4n) is 2.70. The van der Waals surface area contributed by atoms with Crippen LogP contribution in [0.25, 0.3) is 0 Å². The minimum absolute atomic E-state index is 0.0654. The normalized spacial score (nSPS) is 18.8. The third kappa shape index (κ3) is 4.00. The molecule has 1 saturated heterocycles. The van der Waals surface area contributed by atoms with Crippen molar-refractivity contribution >= 4 is 5.91 Å². The second-order valence-corrected chi connectivity index (χ2v) is 5.72. The average molecular weight is 290 g/mol. The van der Waals surface area contributed by atoms with Crippen LogP contribution < -0.4 is 10.6 Å². The van der Waals surface area contributed by atoms with E-state index in [1.807, 2.05) is 6.92 Å². The molecule has 2 rings (SSSR count). The van der Waals surface area contributed by atoms with E-state index in [9.17, 15) is 4.79 Å². The highest BCUT2D eigenvalue weighted by Crippen LogP contribution is 2.20. The van der Waals surface area contributed by atoms with Gasteiger partial charge in [-0.3, -0.25) is 4.79 Å². The molecule has 1 aromatic heterocycles. The van der Waals surface area contributed by atoms with Gasteiger partial charge in [0.25, 0.3) is 5.91 Å². The Morgan fingerprint density at radius 3 is 2.76 bits per heavy atom. The summed E-state index contributed by atoms with van der Waals surface area (Å²) in [4.78, 5) is 21.2. The number of nitrogens with zero attached hydrogens (tertiary/aromatic N) is 2. The van der Waals surface area contributed by atoms with E-state index in [4.69, 9.17) is 0 Å². The van der Waals surface area contributed by atoms with Crippen molar-refractivity contribution in [3.63, 3.8) is 0 Å². The van der Waals surface area contributed by atoms with Crippen molar-refractivity contribution in [1.82, 2.24) is 20.6 Å². The number of nitrogens with one attached hydrogen (secondary N) is 2. The van der Waals surface area contributed by atoms with E-state index < -0.39 is 0 Å². The molecule has 0 aromatic carbocycles. The predicted molar refractivity (Wildman–Crippen MR) is 83.2 cm³/mol. The lowest BCUT2D eigenvalue weighted by molar-refractivity contribution is 0.0933. The maximum Gasteiger partial charge on any atom is 0.254 e. The molecule has 116 valence electrons. The van der Waals surface area contributed by atoms with Gasteiger partial charge >= 0.3 is 0 Å². The van der Waals surface area contributed by atoms with Crippen LogP contribution in [-0.4, -0.2) is 28.5 Å². The summed E-state index contributed by atoms with van der Waals surface area (Å²) >= 11 is 0. The maximum absolute atomic E-state index is 12.3. The van der Waals surface area contributed by atoms with Gasteiger partial charge < -0.3 is 10.6 Å². The third-order valence-corrected chi connectivity index (χ3v) is 4.19. The molecule has 21 heavy (non-hydrogen) atoms. The Hall–Kier alpha value is -1.49. The molecule has 0 saturated carbocycles. The van der Waals surface area contributed by atoms with E-state index in [0.717, 1.165) is 37.3 Å². The van der Waals surface area contributed by atoms with Crippen molar-refractivity contribution in [3.05, 3.63) is 23.3 Å². The van der Waals surface area contributed by atoms with E-state index in [1.165, 1.54) is 12.8 Å². The molecule has 0 bridgehead atoms. The Labute approximate surface area is 127 Å². The standard InChI is InChI=1S/C16H26N4O/c1-4-12(5-2)20-16(21)13-10-18-15(19-11(13)3)14-8-6-7-9-17-14/h10,12,14,17H,4-9H2,1-3H3,(H,20,21). The zero-order valence-electron chi connectivity index (χ0n) is 13.3. The highest BCUT2D eigenvalue weighted by atomic mass is 16.1. The molecule has 1 atom stereocenters. The van der Waals surface area contributed by atoms with Crippen LogP contribution in [0.2, 0.25) is 0 Å². The quantitative estimate of drug-likeness (QED) is 0.874. The minimum atomic E-state index is -0.0654. The van der Waals surface area contributed by atoms with E-state index in [-0.39, 0.29) is 18.0 Å². The monoisotopic (exact) mass is 290 g/mol. The first-order valence-corrected chi connectivity index (χ1v) is 8.03. The van der Waals surface area contributed by atoms with Gasteiger partial charge in [0.1, 0.15) is 5.82 Å². The molecule has 5 heteroatoms. The summed E-state index contributed by atoms with van der Waals surface area (Å²) in [5.74, 6) is 0.746. The van der Waals surface area contributed by atoms with Crippen molar-refractivity contribution in [2.75, 3.05) is 6.54 Å². The summed E-state index contributed by atoms with van der Waals surface area (Å²) in [6.07, 6.45) is 7.03. The van der Waals surface area contributed by atoms with E-state index >= 15 is 0 Å². The van der Waals surface area contributed by atoms with Gasteiger partial charge in [-0.1, -0.05) is 20.3 Å². The van der Waals surface area contributed by atoms with Gasteiger partial charge in [-0.05, 0) is 39.2 Å². The van der Waals surface area contributed by atoms with Gasteiger partial charge in [-0.2, -0.15) is 0 Å². The minimum Gasteiger partial charge on any atom is -0.349 e. The van der Waals surface area contributed by atoms with Crippen molar-refractivity contribution in [1.29, 1.82) is 0 Å². The van der Waals surface area contributed by atoms with Crippen molar-refractivity contribution < 1.29 is 4.79 Å². The van der Waals surface area contributed by atoms with Crippen LogP contribution in [0.5, 0.6) is 0 Å². The lowest BCUT2D eigenvalue weighted by Gasteiger charge is -2.22. The van der Waals surface area contributed by atoms with Crippen molar-refractivity contribution in [3.8, 4) is 0 Å². The molecular formula is C16H26N4O. The number of carbonyl (C=O) groups excluding carboxylic acids is 1. The number of hydrogen-bond donors (Lipinski definition) is 2. The Balaban J connectivity index is 2.09. The zero-order valence-corrected chi connectivity index (χ0v) is 13.3. The number of hydrogen-bond acceptors (Lipinski definition) is 4. The van der Waals surface area contributed by atoms with E-state index in [0.29, 0.717) is 5.56 Å². The number of carbonyl (C=O) groups is 1. The van der Waals surface area contributed by atoms with E-state index in [2.05, 4.69) is 34.4 Å². The fourth-order valence-corrected chi connectivity index (χ4v) is 2.70.